The van der Waals surface area contributed by atoms with Crippen LogP contribution in [0.4, 0.5) is 5.69 Å². The maximum absolute atomic E-state index is 12.1. The molecule has 3 N–H and O–H groups in total. The molecule has 0 saturated heterocycles. The zero-order chi connectivity index (χ0) is 15.4. The van der Waals surface area contributed by atoms with Crippen LogP contribution in [0.5, 0.6) is 0 Å². The molecular weight excluding hydrogens is 294 g/mol. The summed E-state index contributed by atoms with van der Waals surface area (Å²) in [6.45, 7) is 0.0484. The van der Waals surface area contributed by atoms with Crippen molar-refractivity contribution in [3.8, 4) is 0 Å². The van der Waals surface area contributed by atoms with Crippen molar-refractivity contribution in [2.75, 3.05) is 5.73 Å². The number of benzene rings is 2. The fourth-order valence-electron chi connectivity index (χ4n) is 1.78. The van der Waals surface area contributed by atoms with Crippen LogP contribution < -0.4 is 5.73 Å². The highest BCUT2D eigenvalue weighted by molar-refractivity contribution is 6.34. The predicted octanol–water partition coefficient (Wildman–Crippen LogP) is 2.98. The number of halogens is 1. The zero-order valence-electron chi connectivity index (χ0n) is 10.9. The first kappa shape index (κ1) is 14.9. The van der Waals surface area contributed by atoms with Crippen LogP contribution in [0.25, 0.3) is 0 Å². The Morgan fingerprint density at radius 3 is 2.43 bits per heavy atom. The van der Waals surface area contributed by atoms with Crippen LogP contribution in [0.15, 0.2) is 42.5 Å². The third kappa shape index (κ3) is 3.32. The number of rotatable bonds is 4. The molecule has 0 spiro atoms. The van der Waals surface area contributed by atoms with Gasteiger partial charge in [0.25, 0.3) is 0 Å². The van der Waals surface area contributed by atoms with Crippen molar-refractivity contribution >= 4 is 29.2 Å². The molecule has 0 bridgehead atoms. The van der Waals surface area contributed by atoms with Gasteiger partial charge in [-0.3, -0.25) is 0 Å². The Morgan fingerprint density at radius 1 is 1.14 bits per heavy atom. The molecule has 0 aliphatic heterocycles. The highest BCUT2D eigenvalue weighted by Gasteiger charge is 2.21. The van der Waals surface area contributed by atoms with Gasteiger partial charge in [-0.25, -0.2) is 9.59 Å². The van der Waals surface area contributed by atoms with Crippen LogP contribution in [-0.2, 0) is 11.3 Å². The summed E-state index contributed by atoms with van der Waals surface area (Å²) in [5, 5.41) is 9.05. The molecule has 0 fully saturated rings. The minimum Gasteiger partial charge on any atom is -0.478 e. The normalized spacial score (nSPS) is 10.1. The Labute approximate surface area is 125 Å². The summed E-state index contributed by atoms with van der Waals surface area (Å²) in [6, 6.07) is 11.6. The summed E-state index contributed by atoms with van der Waals surface area (Å²) in [7, 11) is 0. The van der Waals surface area contributed by atoms with Crippen molar-refractivity contribution in [2.24, 2.45) is 0 Å². The first-order valence-electron chi connectivity index (χ1n) is 6.03. The van der Waals surface area contributed by atoms with E-state index in [0.29, 0.717) is 0 Å². The number of carboxylic acids is 1. The maximum atomic E-state index is 12.1. The number of hydrogen-bond acceptors (Lipinski definition) is 4. The van der Waals surface area contributed by atoms with E-state index in [1.165, 1.54) is 12.1 Å². The Hall–Kier alpha value is -2.53. The van der Waals surface area contributed by atoms with E-state index < -0.39 is 11.9 Å². The third-order valence-corrected chi connectivity index (χ3v) is 3.16. The van der Waals surface area contributed by atoms with Crippen molar-refractivity contribution in [1.82, 2.24) is 0 Å². The van der Waals surface area contributed by atoms with Crippen molar-refractivity contribution in [1.29, 1.82) is 0 Å². The van der Waals surface area contributed by atoms with E-state index in [-0.39, 0.29) is 28.4 Å². The van der Waals surface area contributed by atoms with Crippen LogP contribution in [0.1, 0.15) is 26.3 Å². The number of hydrogen-bond donors (Lipinski definition) is 2. The Morgan fingerprint density at radius 2 is 1.81 bits per heavy atom. The molecule has 2 rings (SSSR count). The van der Waals surface area contributed by atoms with Crippen LogP contribution in [0.3, 0.4) is 0 Å². The molecule has 21 heavy (non-hydrogen) atoms. The fourth-order valence-corrected chi connectivity index (χ4v) is 2.02. The minimum absolute atomic E-state index is 0.0484. The van der Waals surface area contributed by atoms with Gasteiger partial charge < -0.3 is 15.6 Å². The molecule has 0 amide bonds. The van der Waals surface area contributed by atoms with Gasteiger partial charge in [0.05, 0.1) is 16.3 Å². The van der Waals surface area contributed by atoms with Gasteiger partial charge in [0.2, 0.25) is 0 Å². The van der Waals surface area contributed by atoms with Crippen molar-refractivity contribution in [2.45, 2.75) is 6.61 Å². The number of nitrogens with two attached hydrogens (primary N) is 1. The number of nitrogen functional groups attached to an aromatic ring is 1. The Bertz CT molecular complexity index is 686. The number of carboxylic acid groups (broad SMARTS) is 1. The summed E-state index contributed by atoms with van der Waals surface area (Å²) in [6.07, 6.45) is 0. The van der Waals surface area contributed by atoms with E-state index in [2.05, 4.69) is 0 Å². The first-order chi connectivity index (χ1) is 10.0. The van der Waals surface area contributed by atoms with Crippen LogP contribution in [0, 0.1) is 0 Å². The monoisotopic (exact) mass is 305 g/mol. The second-order valence-electron chi connectivity index (χ2n) is 4.25. The SMILES string of the molecule is Nc1c(C(=O)O)ccc(Cl)c1C(=O)OCc1ccccc1. The lowest BCUT2D eigenvalue weighted by Gasteiger charge is -2.10. The third-order valence-electron chi connectivity index (χ3n) is 2.84. The molecule has 6 heteroatoms. The van der Waals surface area contributed by atoms with E-state index in [1.54, 1.807) is 12.1 Å². The molecule has 0 aliphatic rings. The summed E-state index contributed by atoms with van der Waals surface area (Å²) in [5.74, 6) is -1.99. The summed E-state index contributed by atoms with van der Waals surface area (Å²) in [4.78, 5) is 23.1. The van der Waals surface area contributed by atoms with Gasteiger partial charge in [-0.05, 0) is 17.7 Å². The van der Waals surface area contributed by atoms with Crippen molar-refractivity contribution in [3.63, 3.8) is 0 Å². The molecule has 0 atom stereocenters. The summed E-state index contributed by atoms with van der Waals surface area (Å²) in [5.41, 5.74) is 5.97. The second kappa shape index (κ2) is 6.28. The second-order valence-corrected chi connectivity index (χ2v) is 4.66. The molecule has 0 aromatic heterocycles. The molecule has 0 unspecified atom stereocenters. The number of ether oxygens (including phenoxy) is 1. The lowest BCUT2D eigenvalue weighted by Crippen LogP contribution is -2.13. The molecule has 108 valence electrons. The van der Waals surface area contributed by atoms with Gasteiger partial charge in [-0.1, -0.05) is 41.9 Å². The van der Waals surface area contributed by atoms with Crippen LogP contribution >= 0.6 is 11.6 Å². The van der Waals surface area contributed by atoms with Gasteiger partial charge in [0, 0.05) is 0 Å². The Kier molecular flexibility index (Phi) is 4.45. The van der Waals surface area contributed by atoms with Crippen LogP contribution in [-0.4, -0.2) is 17.0 Å². The van der Waals surface area contributed by atoms with Crippen molar-refractivity contribution < 1.29 is 19.4 Å². The number of anilines is 1. The predicted molar refractivity (Wildman–Crippen MR) is 78.4 cm³/mol. The largest absolute Gasteiger partial charge is 0.478 e. The quantitative estimate of drug-likeness (QED) is 0.669. The molecular formula is C15H12ClNO4. The van der Waals surface area contributed by atoms with E-state index in [1.807, 2.05) is 18.2 Å². The van der Waals surface area contributed by atoms with Crippen LogP contribution in [0.2, 0.25) is 5.02 Å². The average Bonchev–Trinajstić information content (AvgIpc) is 2.46. The highest BCUT2D eigenvalue weighted by atomic mass is 35.5. The zero-order valence-corrected chi connectivity index (χ0v) is 11.6. The van der Waals surface area contributed by atoms with Gasteiger partial charge in [0.15, 0.2) is 0 Å². The number of carbonyl (C=O) groups excluding carboxylic acids is 1. The average molecular weight is 306 g/mol. The summed E-state index contributed by atoms with van der Waals surface area (Å²) >= 11 is 5.91. The number of carbonyl (C=O) groups is 2. The number of esters is 1. The fraction of sp³-hybridized carbons (Fsp3) is 0.0667. The molecule has 0 aliphatic carbocycles. The Balaban J connectivity index is 2.23. The molecule has 0 saturated carbocycles. The van der Waals surface area contributed by atoms with Gasteiger partial charge >= 0.3 is 11.9 Å². The standard InChI is InChI=1S/C15H12ClNO4/c16-11-7-6-10(14(18)19)13(17)12(11)15(20)21-8-9-4-2-1-3-5-9/h1-7H,8,17H2,(H,18,19). The topological polar surface area (TPSA) is 89.6 Å². The highest BCUT2D eigenvalue weighted by Crippen LogP contribution is 2.27. The smallest absolute Gasteiger partial charge is 0.342 e. The van der Waals surface area contributed by atoms with Crippen molar-refractivity contribution in [3.05, 3.63) is 64.2 Å². The minimum atomic E-state index is -1.23. The molecule has 0 heterocycles. The first-order valence-corrected chi connectivity index (χ1v) is 6.41. The lowest BCUT2D eigenvalue weighted by atomic mass is 10.1. The van der Waals surface area contributed by atoms with E-state index in [4.69, 9.17) is 27.2 Å². The van der Waals surface area contributed by atoms with Gasteiger partial charge in [0.1, 0.15) is 12.2 Å². The lowest BCUT2D eigenvalue weighted by molar-refractivity contribution is 0.0474. The van der Waals surface area contributed by atoms with E-state index in [9.17, 15) is 9.59 Å². The molecule has 0 radical (unpaired) electrons. The summed E-state index contributed by atoms with van der Waals surface area (Å²) < 4.78 is 5.11. The van der Waals surface area contributed by atoms with E-state index >= 15 is 0 Å². The molecule has 5 nitrogen and oxygen atoms in total. The maximum Gasteiger partial charge on any atom is 0.342 e. The molecule has 2 aromatic carbocycles. The molecule has 2 aromatic rings. The van der Waals surface area contributed by atoms with E-state index in [0.717, 1.165) is 5.56 Å². The number of aromatic carboxylic acids is 1. The van der Waals surface area contributed by atoms with Gasteiger partial charge in [-0.15, -0.1) is 0 Å². The van der Waals surface area contributed by atoms with Gasteiger partial charge in [-0.2, -0.15) is 0 Å².